The van der Waals surface area contributed by atoms with Crippen LogP contribution in [-0.4, -0.2) is 6.10 Å². The van der Waals surface area contributed by atoms with Crippen molar-refractivity contribution >= 4 is 75.0 Å². The van der Waals surface area contributed by atoms with Crippen LogP contribution in [0.5, 0.6) is 5.75 Å². The lowest BCUT2D eigenvalue weighted by Crippen LogP contribution is -2.15. The molecule has 0 unspecified atom stereocenters. The number of benzene rings is 6. The molecule has 462 valence electrons. The number of nitrogens with zero attached hydrogens (tertiary/aromatic N) is 2. The van der Waals surface area contributed by atoms with Crippen molar-refractivity contribution in [2.45, 2.75) is 210 Å². The Balaban J connectivity index is 0.000000498. The number of hydrogen-bond acceptors (Lipinski definition) is 3. The Morgan fingerprint density at radius 1 is 0.482 bits per heavy atom. The van der Waals surface area contributed by atoms with Gasteiger partial charge in [0.25, 0.3) is 0 Å². The third-order valence-corrected chi connectivity index (χ3v) is 15.1. The summed E-state index contributed by atoms with van der Waals surface area (Å²) in [7, 11) is 0. The number of rotatable bonds is 2. The van der Waals surface area contributed by atoms with Gasteiger partial charge in [0.05, 0.1) is 33.3 Å². The zero-order valence-corrected chi connectivity index (χ0v) is 59.7. The quantitative estimate of drug-likeness (QED) is 0.162. The molecule has 1 aromatic heterocycles. The van der Waals surface area contributed by atoms with Crippen molar-refractivity contribution in [2.75, 3.05) is 0 Å². The van der Waals surface area contributed by atoms with Gasteiger partial charge in [-0.05, 0) is 164 Å². The number of halogens is 7. The minimum Gasteiger partial charge on any atom is -0.502 e. The third-order valence-electron chi connectivity index (χ3n) is 12.8. The number of nitriles is 1. The Hall–Kier alpha value is -4.89. The summed E-state index contributed by atoms with van der Waals surface area (Å²) in [6.45, 7) is 57.6. The SMILES string of the molecule is CC(C)(C)c1c(F)cccc1F.CC(C)(C)c1ccc(C#N)c(Cl)c1.CC(C)(C)c1ccc(Cl)c(Cl)c1.CC(C)(C)c1ccc(Cl)cc1Cl.CC(C)(C)c1ccsc1.Cc1ccc(C(C)(C)C)cc1.[C-]#[N+]c1cc(C(C)(C)C)ccc1OC(C)C. The Labute approximate surface area is 542 Å². The van der Waals surface area contributed by atoms with Gasteiger partial charge < -0.3 is 4.74 Å². The van der Waals surface area contributed by atoms with Gasteiger partial charge in [-0.1, -0.05) is 269 Å². The summed E-state index contributed by atoms with van der Waals surface area (Å²) in [6.07, 6.45) is 0.0981. The molecule has 11 heteroatoms. The Morgan fingerprint density at radius 2 is 0.929 bits per heavy atom. The predicted molar refractivity (Wildman–Crippen MR) is 370 cm³/mol. The molecule has 0 saturated carbocycles. The lowest BCUT2D eigenvalue weighted by atomic mass is 9.86. The molecule has 0 radical (unpaired) electrons. The number of aryl methyl sites for hydroxylation is 1. The number of thiophene rings is 1. The summed E-state index contributed by atoms with van der Waals surface area (Å²) in [5, 5.41) is 16.2. The van der Waals surface area contributed by atoms with Crippen LogP contribution >= 0.6 is 69.3 Å². The van der Waals surface area contributed by atoms with Crippen molar-refractivity contribution in [3.8, 4) is 11.8 Å². The van der Waals surface area contributed by atoms with Crippen molar-refractivity contribution in [3.05, 3.63) is 230 Å². The maximum Gasteiger partial charge on any atom is 0.228 e. The van der Waals surface area contributed by atoms with Gasteiger partial charge in [0.15, 0.2) is 0 Å². The molecule has 0 atom stereocenters. The predicted octanol–water partition coefficient (Wildman–Crippen LogP) is 26.0. The van der Waals surface area contributed by atoms with E-state index in [1.807, 2.05) is 80.6 Å². The highest BCUT2D eigenvalue weighted by molar-refractivity contribution is 7.08. The van der Waals surface area contributed by atoms with E-state index in [-0.39, 0.29) is 38.7 Å². The molecule has 7 rings (SSSR count). The zero-order valence-electron chi connectivity index (χ0n) is 55.1. The summed E-state index contributed by atoms with van der Waals surface area (Å²) in [5.41, 5.74) is 10.6. The van der Waals surface area contributed by atoms with Crippen molar-refractivity contribution in [2.24, 2.45) is 0 Å². The molecule has 6 aromatic carbocycles. The van der Waals surface area contributed by atoms with E-state index >= 15 is 0 Å². The summed E-state index contributed by atoms with van der Waals surface area (Å²) < 4.78 is 31.8. The van der Waals surface area contributed by atoms with Crippen molar-refractivity contribution in [1.29, 1.82) is 5.26 Å². The first-order valence-electron chi connectivity index (χ1n) is 28.5. The Morgan fingerprint density at radius 3 is 1.28 bits per heavy atom. The van der Waals surface area contributed by atoms with Crippen LogP contribution in [0.3, 0.4) is 0 Å². The van der Waals surface area contributed by atoms with Gasteiger partial charge in [-0.2, -0.15) is 16.6 Å². The van der Waals surface area contributed by atoms with Crippen LogP contribution < -0.4 is 4.74 Å². The van der Waals surface area contributed by atoms with E-state index in [0.29, 0.717) is 42.5 Å². The molecule has 0 aliphatic rings. The third kappa shape index (κ3) is 28.7. The molecule has 0 spiro atoms. The van der Waals surface area contributed by atoms with Gasteiger partial charge in [-0.15, -0.1) is 0 Å². The van der Waals surface area contributed by atoms with E-state index in [4.69, 9.17) is 74.6 Å². The highest BCUT2D eigenvalue weighted by Gasteiger charge is 2.23. The summed E-state index contributed by atoms with van der Waals surface area (Å²) in [4.78, 5) is 3.52. The Kier molecular flexibility index (Phi) is 30.7. The topological polar surface area (TPSA) is 37.4 Å². The number of hydrogen-bond donors (Lipinski definition) is 0. The molecule has 0 bridgehead atoms. The molecule has 1 heterocycles. The minimum atomic E-state index is -0.477. The summed E-state index contributed by atoms with van der Waals surface area (Å²) in [5.74, 6) is -0.261. The first-order valence-corrected chi connectivity index (χ1v) is 31.3. The molecular weight excluding hydrogens is 1180 g/mol. The molecule has 85 heavy (non-hydrogen) atoms. The lowest BCUT2D eigenvalue weighted by molar-refractivity contribution is 0.244. The summed E-state index contributed by atoms with van der Waals surface area (Å²) in [6, 6.07) is 39.7. The van der Waals surface area contributed by atoms with E-state index in [0.717, 1.165) is 21.7 Å². The van der Waals surface area contributed by atoms with Gasteiger partial charge in [-0.25, -0.2) is 13.6 Å². The van der Waals surface area contributed by atoms with Crippen LogP contribution in [0, 0.1) is 36.5 Å². The molecular formula is C74H95Cl5F2N2OS. The maximum absolute atomic E-state index is 13.1. The van der Waals surface area contributed by atoms with Gasteiger partial charge in [-0.3, -0.25) is 0 Å². The highest BCUT2D eigenvalue weighted by atomic mass is 35.5. The van der Waals surface area contributed by atoms with Crippen LogP contribution in [0.1, 0.15) is 209 Å². The van der Waals surface area contributed by atoms with Crippen molar-refractivity contribution in [3.63, 3.8) is 0 Å². The second-order valence-electron chi connectivity index (χ2n) is 28.2. The molecule has 0 saturated heterocycles. The van der Waals surface area contributed by atoms with Crippen molar-refractivity contribution < 1.29 is 13.5 Å². The van der Waals surface area contributed by atoms with E-state index in [1.165, 1.54) is 40.5 Å². The van der Waals surface area contributed by atoms with E-state index in [1.54, 1.807) is 44.2 Å². The average molecular weight is 1280 g/mol. The van der Waals surface area contributed by atoms with Gasteiger partial charge >= 0.3 is 0 Å². The monoisotopic (exact) mass is 1270 g/mol. The standard InChI is InChI=1S/C14H19NO.C11H12ClN.C11H16.2C10H12Cl2.C10H12F2.C8H12S/c1-10(2)16-13-8-7-11(14(3,4)5)9-12(13)15-6;1-11(2,3)9-5-4-8(7-13)10(12)6-9;1-9-5-7-10(8-6-9)11(2,3)4;1-10(2,3)8-5-4-7(11)6-9(8)12;1-10(2,3)7-4-5-8(11)9(12)6-7;1-10(2,3)9-7(11)5-4-6-8(9)12;1-8(2,3)7-4-5-9-6-7/h7-10H,1-5H3;4-6H,1-3H3;5-8H,1-4H3;3*4-6H,1-3H3;4-6H,1-3H3. The maximum atomic E-state index is 13.1. The van der Waals surface area contributed by atoms with Crippen LogP contribution in [0.2, 0.25) is 25.1 Å². The normalized spacial score (nSPS) is 11.6. The highest BCUT2D eigenvalue weighted by Crippen LogP contribution is 2.36. The molecule has 0 fully saturated rings. The second-order valence-corrected chi connectivity index (χ2v) is 31.1. The largest absolute Gasteiger partial charge is 0.502 e. The second kappa shape index (κ2) is 33.5. The van der Waals surface area contributed by atoms with Gasteiger partial charge in [0.1, 0.15) is 23.5 Å². The lowest BCUT2D eigenvalue weighted by Gasteiger charge is -2.20. The molecule has 7 aromatic rings. The zero-order chi connectivity index (χ0) is 65.9. The fourth-order valence-electron chi connectivity index (χ4n) is 7.52. The minimum absolute atomic E-state index is 0.0653. The van der Waals surface area contributed by atoms with Crippen LogP contribution in [0.15, 0.2) is 132 Å². The first kappa shape index (κ1) is 78.1. The fraction of sp³-hybridized carbons (Fsp3) is 0.432. The smallest absolute Gasteiger partial charge is 0.228 e. The first-order chi connectivity index (χ1) is 38.6. The molecule has 0 amide bonds. The van der Waals surface area contributed by atoms with Crippen molar-refractivity contribution in [1.82, 2.24) is 0 Å². The molecule has 0 N–H and O–H groups in total. The van der Waals surface area contributed by atoms with Gasteiger partial charge in [0, 0.05) is 15.6 Å². The van der Waals surface area contributed by atoms with E-state index < -0.39 is 17.0 Å². The molecule has 0 aliphatic carbocycles. The van der Waals surface area contributed by atoms with E-state index in [2.05, 4.69) is 177 Å². The van der Waals surface area contributed by atoms with Crippen LogP contribution in [0.4, 0.5) is 14.5 Å². The fourth-order valence-corrected chi connectivity index (χ4v) is 9.61. The van der Waals surface area contributed by atoms with Crippen LogP contribution in [0.25, 0.3) is 4.85 Å². The average Bonchev–Trinajstić information content (AvgIpc) is 3.98. The van der Waals surface area contributed by atoms with Gasteiger partial charge in [0.2, 0.25) is 5.69 Å². The molecule has 0 aliphatic heterocycles. The summed E-state index contributed by atoms with van der Waals surface area (Å²) >= 11 is 31.2. The molecule has 3 nitrogen and oxygen atoms in total. The number of ether oxygens (including phenoxy) is 1. The van der Waals surface area contributed by atoms with E-state index in [9.17, 15) is 8.78 Å². The van der Waals surface area contributed by atoms with Crippen LogP contribution in [-0.2, 0) is 37.9 Å². The Bertz CT molecular complexity index is 3230.